The molecule has 0 aliphatic rings. The van der Waals surface area contributed by atoms with Gasteiger partial charge < -0.3 is 17.0 Å². The zero-order valence-corrected chi connectivity index (χ0v) is 18.3. The maximum absolute atomic E-state index is 2.33. The highest BCUT2D eigenvalue weighted by molar-refractivity contribution is 7.88. The summed E-state index contributed by atoms with van der Waals surface area (Å²) < 4.78 is 0. The van der Waals surface area contributed by atoms with Crippen LogP contribution in [0.1, 0.15) is 11.1 Å². The quantitative estimate of drug-likeness (QED) is 0.399. The van der Waals surface area contributed by atoms with Gasteiger partial charge in [-0.2, -0.15) is 0 Å². The van der Waals surface area contributed by atoms with Crippen molar-refractivity contribution in [1.29, 1.82) is 0 Å². The minimum Gasteiger partial charge on any atom is -1.00 e. The zero-order chi connectivity index (χ0) is 18.4. The molecule has 0 N–H and O–H groups in total. The van der Waals surface area contributed by atoms with Crippen LogP contribution in [0.5, 0.6) is 0 Å². The van der Waals surface area contributed by atoms with Crippen molar-refractivity contribution < 1.29 is 17.0 Å². The number of rotatable bonds is 6. The van der Waals surface area contributed by atoms with Crippen LogP contribution in [0.15, 0.2) is 121 Å². The Balaban J connectivity index is 0.00000225. The molecule has 0 bridgehead atoms. The third-order valence-corrected chi connectivity index (χ3v) is 9.47. The molecule has 0 aromatic heterocycles. The maximum atomic E-state index is 2.33. The third kappa shape index (κ3) is 4.61. The fraction of sp³-hybridized carbons (Fsp3) is 0.0769. The first-order valence-corrected chi connectivity index (χ1v) is 11.6. The van der Waals surface area contributed by atoms with E-state index in [9.17, 15) is 0 Å². The molecule has 0 saturated heterocycles. The smallest absolute Gasteiger partial charge is 0.0999 e. The van der Waals surface area contributed by atoms with Crippen molar-refractivity contribution in [3.05, 3.63) is 132 Å². The monoisotopic (exact) mass is 446 g/mol. The Labute approximate surface area is 179 Å². The van der Waals surface area contributed by atoms with Crippen molar-refractivity contribution in [2.75, 3.05) is 0 Å². The normalized spacial score (nSPS) is 10.9. The van der Waals surface area contributed by atoms with E-state index >= 15 is 0 Å². The molecule has 0 aliphatic heterocycles. The summed E-state index contributed by atoms with van der Waals surface area (Å²) in [7, 11) is -1.64. The van der Waals surface area contributed by atoms with E-state index in [-0.39, 0.29) is 17.0 Å². The molecule has 0 atom stereocenters. The fourth-order valence-corrected chi connectivity index (χ4v) is 8.08. The van der Waals surface area contributed by atoms with Crippen LogP contribution >= 0.6 is 7.26 Å². The van der Waals surface area contributed by atoms with E-state index in [0.29, 0.717) is 0 Å². The summed E-state index contributed by atoms with van der Waals surface area (Å²) >= 11 is 0. The molecule has 0 heterocycles. The van der Waals surface area contributed by atoms with Gasteiger partial charge in [-0.15, -0.1) is 0 Å². The predicted molar refractivity (Wildman–Crippen MR) is 119 cm³/mol. The molecule has 0 fully saturated rings. The van der Waals surface area contributed by atoms with Gasteiger partial charge in [0.05, 0.1) is 30.2 Å². The molecular weight excluding hydrogens is 423 g/mol. The first-order valence-electron chi connectivity index (χ1n) is 9.43. The van der Waals surface area contributed by atoms with E-state index in [1.807, 2.05) is 0 Å². The van der Waals surface area contributed by atoms with E-state index in [1.165, 1.54) is 21.7 Å². The second-order valence-electron chi connectivity index (χ2n) is 6.93. The van der Waals surface area contributed by atoms with Crippen LogP contribution in [0.3, 0.4) is 0 Å². The third-order valence-electron chi connectivity index (χ3n) is 5.09. The fourth-order valence-electron chi connectivity index (χ4n) is 3.79. The lowest BCUT2D eigenvalue weighted by Crippen LogP contribution is -3.00. The molecule has 0 radical (unpaired) electrons. The van der Waals surface area contributed by atoms with Crippen molar-refractivity contribution in [2.24, 2.45) is 0 Å². The van der Waals surface area contributed by atoms with Crippen molar-refractivity contribution in [3.8, 4) is 0 Å². The minimum absolute atomic E-state index is 0. The van der Waals surface area contributed by atoms with Crippen molar-refractivity contribution in [1.82, 2.24) is 0 Å². The van der Waals surface area contributed by atoms with Gasteiger partial charge in [0.15, 0.2) is 0 Å². The molecule has 0 amide bonds. The van der Waals surface area contributed by atoms with Crippen molar-refractivity contribution in [2.45, 2.75) is 12.3 Å². The van der Waals surface area contributed by atoms with E-state index < -0.39 is 7.26 Å². The number of benzene rings is 4. The lowest BCUT2D eigenvalue weighted by atomic mass is 10.2. The van der Waals surface area contributed by atoms with Crippen molar-refractivity contribution >= 4 is 17.9 Å². The van der Waals surface area contributed by atoms with E-state index in [4.69, 9.17) is 0 Å². The SMILES string of the molecule is [Br-].c1ccc(C[P+](Cc2ccccc2)(c2ccccc2)c2ccccc2)cc1. The Morgan fingerprint density at radius 1 is 0.393 bits per heavy atom. The average molecular weight is 447 g/mol. The number of halogens is 1. The molecule has 0 nitrogen and oxygen atoms in total. The lowest BCUT2D eigenvalue weighted by molar-refractivity contribution is -0.00000534. The van der Waals surface area contributed by atoms with Crippen LogP contribution < -0.4 is 27.6 Å². The van der Waals surface area contributed by atoms with Gasteiger partial charge >= 0.3 is 0 Å². The Hall–Kier alpha value is -2.21. The van der Waals surface area contributed by atoms with Gasteiger partial charge in [-0.1, -0.05) is 97.1 Å². The summed E-state index contributed by atoms with van der Waals surface area (Å²) in [6.07, 6.45) is 2.16. The average Bonchev–Trinajstić information content (AvgIpc) is 2.76. The summed E-state index contributed by atoms with van der Waals surface area (Å²) in [5.74, 6) is 0. The summed E-state index contributed by atoms with van der Waals surface area (Å²) in [6.45, 7) is 0. The predicted octanol–water partition coefficient (Wildman–Crippen LogP) is 3.06. The molecule has 0 saturated carbocycles. The molecule has 4 rings (SSSR count). The largest absolute Gasteiger partial charge is 1.00 e. The van der Waals surface area contributed by atoms with Gasteiger partial charge in [0, 0.05) is 0 Å². The molecule has 140 valence electrons. The first-order chi connectivity index (χ1) is 13.4. The van der Waals surface area contributed by atoms with Crippen LogP contribution in [0.25, 0.3) is 0 Å². The van der Waals surface area contributed by atoms with Gasteiger partial charge in [-0.3, -0.25) is 0 Å². The Bertz CT molecular complexity index is 871. The Kier molecular flexibility index (Phi) is 7.20. The summed E-state index contributed by atoms with van der Waals surface area (Å²) in [5.41, 5.74) is 2.82. The highest BCUT2D eigenvalue weighted by atomic mass is 79.9. The molecular formula is C26H24BrP. The van der Waals surface area contributed by atoms with E-state index in [1.54, 1.807) is 0 Å². The van der Waals surface area contributed by atoms with E-state index in [2.05, 4.69) is 121 Å². The van der Waals surface area contributed by atoms with Crippen LogP contribution in [0.4, 0.5) is 0 Å². The molecule has 0 aliphatic carbocycles. The maximum Gasteiger partial charge on any atom is 0.0999 e. The van der Waals surface area contributed by atoms with Crippen LogP contribution in [0.2, 0.25) is 0 Å². The van der Waals surface area contributed by atoms with Gasteiger partial charge in [-0.05, 0) is 35.4 Å². The van der Waals surface area contributed by atoms with Gasteiger partial charge in [0.25, 0.3) is 0 Å². The minimum atomic E-state index is -1.64. The lowest BCUT2D eigenvalue weighted by Gasteiger charge is -2.28. The number of hydrogen-bond donors (Lipinski definition) is 0. The second-order valence-corrected chi connectivity index (χ2v) is 10.5. The van der Waals surface area contributed by atoms with Gasteiger partial charge in [-0.25, -0.2) is 0 Å². The van der Waals surface area contributed by atoms with E-state index in [0.717, 1.165) is 12.3 Å². The molecule has 4 aromatic carbocycles. The highest BCUT2D eigenvalue weighted by Gasteiger charge is 2.42. The molecule has 0 spiro atoms. The highest BCUT2D eigenvalue weighted by Crippen LogP contribution is 2.61. The first kappa shape index (κ1) is 20.5. The Morgan fingerprint density at radius 2 is 0.679 bits per heavy atom. The molecule has 2 heteroatoms. The van der Waals surface area contributed by atoms with Gasteiger partial charge in [0.1, 0.15) is 0 Å². The van der Waals surface area contributed by atoms with Crippen LogP contribution in [-0.2, 0) is 12.3 Å². The molecule has 28 heavy (non-hydrogen) atoms. The van der Waals surface area contributed by atoms with Crippen molar-refractivity contribution in [3.63, 3.8) is 0 Å². The summed E-state index contributed by atoms with van der Waals surface area (Å²) in [5, 5.41) is 2.95. The standard InChI is InChI=1S/C26H24P.BrH/c1-5-13-23(14-6-1)21-27(25-17-9-3-10-18-25,26-19-11-4-12-20-26)22-24-15-7-2-8-16-24;/h1-20H,21-22H2;1H/q+1;/p-1. The Morgan fingerprint density at radius 3 is 1.00 bits per heavy atom. The molecule has 0 unspecified atom stereocenters. The van der Waals surface area contributed by atoms with Crippen LogP contribution in [-0.4, -0.2) is 0 Å². The summed E-state index contributed by atoms with van der Waals surface area (Å²) in [6, 6.07) is 44.2. The second kappa shape index (κ2) is 9.82. The van der Waals surface area contributed by atoms with Gasteiger partial charge in [0.2, 0.25) is 0 Å². The molecule has 4 aromatic rings. The number of hydrogen-bond acceptors (Lipinski definition) is 0. The summed E-state index contributed by atoms with van der Waals surface area (Å²) in [4.78, 5) is 0. The van der Waals surface area contributed by atoms with Crippen LogP contribution in [0, 0.1) is 0 Å². The topological polar surface area (TPSA) is 0 Å². The zero-order valence-electron chi connectivity index (χ0n) is 15.8.